The summed E-state index contributed by atoms with van der Waals surface area (Å²) in [5.74, 6) is -0.0335. The number of guanidine groups is 1. The van der Waals surface area contributed by atoms with Crippen LogP contribution in [-0.4, -0.2) is 18.4 Å². The lowest BCUT2D eigenvalue weighted by Gasteiger charge is -2.01. The van der Waals surface area contributed by atoms with Gasteiger partial charge in [0.25, 0.3) is 0 Å². The highest BCUT2D eigenvalue weighted by molar-refractivity contribution is 6.39. The van der Waals surface area contributed by atoms with E-state index in [4.69, 9.17) is 52.1 Å². The Labute approximate surface area is 158 Å². The van der Waals surface area contributed by atoms with Crippen LogP contribution in [0.3, 0.4) is 0 Å². The fourth-order valence-electron chi connectivity index (χ4n) is 1.60. The molecule has 3 N–H and O–H groups in total. The summed E-state index contributed by atoms with van der Waals surface area (Å²) in [6.45, 7) is 0. The van der Waals surface area contributed by atoms with Crippen LogP contribution in [0.5, 0.6) is 0 Å². The van der Waals surface area contributed by atoms with Crippen molar-refractivity contribution in [1.82, 2.24) is 5.43 Å². The maximum atomic E-state index is 6.01. The standard InChI is InChI=1S/C15H11Cl4N5/c16-11-3-1-4-12(17)9(11)7-21-23-15(20)24-22-8-10-13(18)5-2-6-14(10)19/h1-8H,(H3,20,23,24). The number of hydrazone groups is 1. The van der Waals surface area contributed by atoms with Crippen LogP contribution >= 0.6 is 46.4 Å². The van der Waals surface area contributed by atoms with Crippen LogP contribution in [0.1, 0.15) is 11.1 Å². The highest BCUT2D eigenvalue weighted by atomic mass is 35.5. The zero-order chi connectivity index (χ0) is 17.5. The first-order valence-corrected chi connectivity index (χ1v) is 8.04. The largest absolute Gasteiger partial charge is 0.367 e. The number of hydrogen-bond acceptors (Lipinski definition) is 3. The maximum Gasteiger partial charge on any atom is 0.234 e. The molecule has 0 radical (unpaired) electrons. The fourth-order valence-corrected chi connectivity index (χ4v) is 2.59. The summed E-state index contributed by atoms with van der Waals surface area (Å²) in [6.07, 6.45) is 2.83. The lowest BCUT2D eigenvalue weighted by atomic mass is 10.2. The normalized spacial score (nSPS) is 12.2. The van der Waals surface area contributed by atoms with Gasteiger partial charge in [-0.05, 0) is 24.3 Å². The van der Waals surface area contributed by atoms with E-state index in [1.807, 2.05) is 0 Å². The quantitative estimate of drug-likeness (QED) is 0.446. The maximum absolute atomic E-state index is 6.01. The lowest BCUT2D eigenvalue weighted by Crippen LogP contribution is -2.26. The molecule has 0 saturated carbocycles. The van der Waals surface area contributed by atoms with Gasteiger partial charge in [-0.25, -0.2) is 5.43 Å². The Hall–Kier alpha value is -1.79. The van der Waals surface area contributed by atoms with Gasteiger partial charge in [0.2, 0.25) is 5.96 Å². The second kappa shape index (κ2) is 8.89. The number of benzene rings is 2. The van der Waals surface area contributed by atoms with E-state index in [2.05, 4.69) is 20.7 Å². The number of nitrogens with two attached hydrogens (primary N) is 1. The first kappa shape index (κ1) is 18.5. The topological polar surface area (TPSA) is 75.1 Å². The Bertz CT molecular complexity index is 777. The molecule has 0 aliphatic carbocycles. The number of nitrogens with zero attached hydrogens (tertiary/aromatic N) is 3. The van der Waals surface area contributed by atoms with Crippen molar-refractivity contribution >= 4 is 64.8 Å². The molecule has 0 aromatic heterocycles. The van der Waals surface area contributed by atoms with Crippen molar-refractivity contribution in [3.05, 3.63) is 67.6 Å². The Kier molecular flexibility index (Phi) is 6.87. The summed E-state index contributed by atoms with van der Waals surface area (Å²) in [5.41, 5.74) is 9.24. The van der Waals surface area contributed by atoms with Gasteiger partial charge < -0.3 is 5.73 Å². The molecule has 2 rings (SSSR count). The zero-order valence-electron chi connectivity index (χ0n) is 12.0. The van der Waals surface area contributed by atoms with E-state index in [9.17, 15) is 0 Å². The summed E-state index contributed by atoms with van der Waals surface area (Å²) in [4.78, 5) is 0. The fraction of sp³-hybridized carbons (Fsp3) is 0. The minimum absolute atomic E-state index is 0.0335. The van der Waals surface area contributed by atoms with Gasteiger partial charge in [0.05, 0.1) is 32.5 Å². The molecule has 9 heteroatoms. The number of nitrogens with one attached hydrogen (secondary N) is 1. The van der Waals surface area contributed by atoms with Gasteiger partial charge in [-0.2, -0.15) is 10.2 Å². The van der Waals surface area contributed by atoms with Gasteiger partial charge in [0.1, 0.15) is 0 Å². The highest BCUT2D eigenvalue weighted by Crippen LogP contribution is 2.22. The van der Waals surface area contributed by atoms with Crippen LogP contribution in [-0.2, 0) is 0 Å². The molecule has 0 heterocycles. The molecule has 124 valence electrons. The predicted octanol–water partition coefficient (Wildman–Crippen LogP) is 4.57. The second-order valence-corrected chi connectivity index (χ2v) is 6.00. The third kappa shape index (κ3) is 5.11. The lowest BCUT2D eigenvalue weighted by molar-refractivity contribution is 0.994. The van der Waals surface area contributed by atoms with Crippen molar-refractivity contribution < 1.29 is 0 Å². The van der Waals surface area contributed by atoms with Gasteiger partial charge in [-0.15, -0.1) is 5.10 Å². The molecule has 0 bridgehead atoms. The van der Waals surface area contributed by atoms with E-state index in [-0.39, 0.29) is 5.96 Å². The summed E-state index contributed by atoms with van der Waals surface area (Å²) in [6, 6.07) is 10.2. The predicted molar refractivity (Wildman–Crippen MR) is 103 cm³/mol. The molecule has 0 fully saturated rings. The van der Waals surface area contributed by atoms with E-state index in [1.165, 1.54) is 12.4 Å². The van der Waals surface area contributed by atoms with E-state index in [0.717, 1.165) is 0 Å². The van der Waals surface area contributed by atoms with Gasteiger partial charge in [-0.3, -0.25) is 0 Å². The Morgan fingerprint density at radius 3 is 1.79 bits per heavy atom. The minimum atomic E-state index is -0.0335. The molecule has 2 aromatic carbocycles. The third-order valence-corrected chi connectivity index (χ3v) is 4.04. The first-order chi connectivity index (χ1) is 11.5. The molecule has 2 aromatic rings. The zero-order valence-corrected chi connectivity index (χ0v) is 15.1. The monoisotopic (exact) mass is 401 g/mol. The molecule has 0 spiro atoms. The van der Waals surface area contributed by atoms with Gasteiger partial charge in [0, 0.05) is 11.1 Å². The van der Waals surface area contributed by atoms with Crippen molar-refractivity contribution in [1.29, 1.82) is 0 Å². The number of rotatable bonds is 4. The molecule has 0 atom stereocenters. The van der Waals surface area contributed by atoms with Gasteiger partial charge in [-0.1, -0.05) is 58.5 Å². The van der Waals surface area contributed by atoms with E-state index >= 15 is 0 Å². The van der Waals surface area contributed by atoms with Crippen LogP contribution in [0.25, 0.3) is 0 Å². The molecular formula is C15H11Cl4N5. The molecule has 0 aliphatic rings. The number of halogens is 4. The van der Waals surface area contributed by atoms with Crippen LogP contribution in [0.15, 0.2) is 51.7 Å². The third-order valence-electron chi connectivity index (χ3n) is 2.72. The van der Waals surface area contributed by atoms with Crippen molar-refractivity contribution in [3.63, 3.8) is 0 Å². The average molecular weight is 403 g/mol. The molecule has 5 nitrogen and oxygen atoms in total. The van der Waals surface area contributed by atoms with Crippen LogP contribution in [0, 0.1) is 0 Å². The Morgan fingerprint density at radius 1 is 0.833 bits per heavy atom. The van der Waals surface area contributed by atoms with Gasteiger partial charge in [0.15, 0.2) is 0 Å². The molecule has 0 aliphatic heterocycles. The van der Waals surface area contributed by atoms with E-state index < -0.39 is 0 Å². The average Bonchev–Trinajstić information content (AvgIpc) is 2.53. The number of hydrogen-bond donors (Lipinski definition) is 2. The Morgan fingerprint density at radius 2 is 1.29 bits per heavy atom. The van der Waals surface area contributed by atoms with Crippen molar-refractivity contribution in [3.8, 4) is 0 Å². The van der Waals surface area contributed by atoms with E-state index in [0.29, 0.717) is 31.2 Å². The Balaban J connectivity index is 2.02. The van der Waals surface area contributed by atoms with Crippen LogP contribution in [0.4, 0.5) is 0 Å². The summed E-state index contributed by atoms with van der Waals surface area (Å²) in [7, 11) is 0. The summed E-state index contributed by atoms with van der Waals surface area (Å²) in [5, 5.41) is 13.3. The second-order valence-electron chi connectivity index (χ2n) is 4.37. The van der Waals surface area contributed by atoms with E-state index in [1.54, 1.807) is 36.4 Å². The van der Waals surface area contributed by atoms with Crippen molar-refractivity contribution in [2.75, 3.05) is 0 Å². The summed E-state index contributed by atoms with van der Waals surface area (Å²) >= 11 is 24.0. The van der Waals surface area contributed by atoms with Gasteiger partial charge >= 0.3 is 0 Å². The van der Waals surface area contributed by atoms with Crippen LogP contribution < -0.4 is 11.2 Å². The van der Waals surface area contributed by atoms with Crippen LogP contribution in [0.2, 0.25) is 20.1 Å². The SMILES string of the molecule is NC(=NN=Cc1c(Cl)cccc1Cl)NN=Cc1c(Cl)cccc1Cl. The minimum Gasteiger partial charge on any atom is -0.367 e. The van der Waals surface area contributed by atoms with Crippen molar-refractivity contribution in [2.45, 2.75) is 0 Å². The first-order valence-electron chi connectivity index (χ1n) is 6.52. The summed E-state index contributed by atoms with van der Waals surface area (Å²) < 4.78 is 0. The smallest absolute Gasteiger partial charge is 0.234 e. The molecule has 0 amide bonds. The molecule has 0 saturated heterocycles. The molecular weight excluding hydrogens is 392 g/mol. The highest BCUT2D eigenvalue weighted by Gasteiger charge is 2.02. The van der Waals surface area contributed by atoms with Crippen molar-refractivity contribution in [2.24, 2.45) is 21.0 Å². The molecule has 24 heavy (non-hydrogen) atoms. The molecule has 0 unspecified atom stereocenters.